The third-order valence-electron chi connectivity index (χ3n) is 6.66. The molecule has 2 amide bonds. The molecule has 0 saturated carbocycles. The van der Waals surface area contributed by atoms with E-state index in [0.717, 1.165) is 23.2 Å². The van der Waals surface area contributed by atoms with Gasteiger partial charge in [-0.25, -0.2) is 0 Å². The lowest BCUT2D eigenvalue weighted by molar-refractivity contribution is -0.136. The molecule has 0 spiro atoms. The number of fused-ring (bicyclic) bond motifs is 1. The van der Waals surface area contributed by atoms with Gasteiger partial charge in [-0.15, -0.1) is 0 Å². The Morgan fingerprint density at radius 2 is 1.87 bits per heavy atom. The Labute approximate surface area is 222 Å². The van der Waals surface area contributed by atoms with E-state index in [1.807, 2.05) is 67.3 Å². The van der Waals surface area contributed by atoms with Crippen LogP contribution in [0.4, 0.5) is 0 Å². The quantitative estimate of drug-likeness (QED) is 0.348. The lowest BCUT2D eigenvalue weighted by Crippen LogP contribution is -2.42. The molecule has 1 aliphatic rings. The highest BCUT2D eigenvalue weighted by atomic mass is 16.5. The van der Waals surface area contributed by atoms with Crippen molar-refractivity contribution < 1.29 is 18.7 Å². The summed E-state index contributed by atoms with van der Waals surface area (Å²) in [7, 11) is 0. The van der Waals surface area contributed by atoms with Gasteiger partial charge in [-0.1, -0.05) is 56.3 Å². The SMILES string of the molecule is CC(C)C(=O)N1CCc2ccc(OCc3ccc(C(=O)NCc4ccccn4)o3)cc2[C@H]1c1ccccc1. The maximum absolute atomic E-state index is 13.1. The summed E-state index contributed by atoms with van der Waals surface area (Å²) in [5, 5.41) is 2.81. The van der Waals surface area contributed by atoms with Crippen molar-refractivity contribution in [1.29, 1.82) is 0 Å². The molecule has 7 heteroatoms. The van der Waals surface area contributed by atoms with E-state index in [1.165, 1.54) is 5.56 Å². The highest BCUT2D eigenvalue weighted by Crippen LogP contribution is 2.38. The van der Waals surface area contributed by atoms with Crippen LogP contribution in [0.1, 0.15) is 58.6 Å². The first-order valence-electron chi connectivity index (χ1n) is 12.9. The van der Waals surface area contributed by atoms with Crippen LogP contribution in [0.3, 0.4) is 0 Å². The Morgan fingerprint density at radius 1 is 1.05 bits per heavy atom. The van der Waals surface area contributed by atoms with Crippen LogP contribution < -0.4 is 10.1 Å². The summed E-state index contributed by atoms with van der Waals surface area (Å²) in [5.41, 5.74) is 4.13. The molecule has 1 atom stereocenters. The molecule has 2 aromatic heterocycles. The van der Waals surface area contributed by atoms with Crippen molar-refractivity contribution in [3.8, 4) is 5.75 Å². The summed E-state index contributed by atoms with van der Waals surface area (Å²) in [6.07, 6.45) is 2.48. The largest absolute Gasteiger partial charge is 0.486 e. The highest BCUT2D eigenvalue weighted by molar-refractivity contribution is 5.91. The zero-order valence-electron chi connectivity index (χ0n) is 21.6. The molecule has 3 heterocycles. The zero-order valence-corrected chi connectivity index (χ0v) is 21.6. The van der Waals surface area contributed by atoms with Crippen molar-refractivity contribution in [2.24, 2.45) is 5.92 Å². The zero-order chi connectivity index (χ0) is 26.5. The summed E-state index contributed by atoms with van der Waals surface area (Å²) in [5.74, 6) is 1.19. The molecule has 0 bridgehead atoms. The Balaban J connectivity index is 1.29. The van der Waals surface area contributed by atoms with Gasteiger partial charge in [-0.2, -0.15) is 0 Å². The van der Waals surface area contributed by atoms with Crippen molar-refractivity contribution >= 4 is 11.8 Å². The van der Waals surface area contributed by atoms with Crippen LogP contribution in [0, 0.1) is 5.92 Å². The first kappa shape index (κ1) is 25.3. The van der Waals surface area contributed by atoms with Crippen LogP contribution in [-0.2, 0) is 24.4 Å². The van der Waals surface area contributed by atoms with E-state index in [2.05, 4.69) is 28.5 Å². The van der Waals surface area contributed by atoms with Crippen molar-refractivity contribution in [2.45, 2.75) is 39.5 Å². The van der Waals surface area contributed by atoms with E-state index in [1.54, 1.807) is 18.3 Å². The number of carbonyl (C=O) groups is 2. The monoisotopic (exact) mass is 509 g/mol. The second kappa shape index (κ2) is 11.3. The highest BCUT2D eigenvalue weighted by Gasteiger charge is 2.33. The molecule has 0 saturated heterocycles. The number of nitrogens with one attached hydrogen (secondary N) is 1. The minimum absolute atomic E-state index is 0.0866. The molecule has 4 aromatic rings. The van der Waals surface area contributed by atoms with Crippen LogP contribution in [-0.4, -0.2) is 28.2 Å². The average molecular weight is 510 g/mol. The molecule has 5 rings (SSSR count). The van der Waals surface area contributed by atoms with Crippen molar-refractivity contribution in [3.63, 3.8) is 0 Å². The maximum Gasteiger partial charge on any atom is 0.287 e. The summed E-state index contributed by atoms with van der Waals surface area (Å²) >= 11 is 0. The Morgan fingerprint density at radius 3 is 2.63 bits per heavy atom. The van der Waals surface area contributed by atoms with E-state index < -0.39 is 0 Å². The number of aromatic nitrogens is 1. The third-order valence-corrected chi connectivity index (χ3v) is 6.66. The second-order valence-electron chi connectivity index (χ2n) is 9.67. The van der Waals surface area contributed by atoms with E-state index in [4.69, 9.17) is 9.15 Å². The molecule has 194 valence electrons. The number of hydrogen-bond donors (Lipinski definition) is 1. The lowest BCUT2D eigenvalue weighted by atomic mass is 9.87. The van der Waals surface area contributed by atoms with Crippen LogP contribution in [0.2, 0.25) is 0 Å². The number of pyridine rings is 1. The third kappa shape index (κ3) is 5.62. The first-order chi connectivity index (χ1) is 18.5. The summed E-state index contributed by atoms with van der Waals surface area (Å²) in [6, 6.07) is 24.9. The van der Waals surface area contributed by atoms with E-state index in [0.29, 0.717) is 24.6 Å². The van der Waals surface area contributed by atoms with Gasteiger partial charge in [0.1, 0.15) is 18.1 Å². The van der Waals surface area contributed by atoms with Gasteiger partial charge >= 0.3 is 0 Å². The second-order valence-corrected chi connectivity index (χ2v) is 9.67. The molecule has 38 heavy (non-hydrogen) atoms. The Bertz CT molecular complexity index is 1400. The number of nitrogens with zero attached hydrogens (tertiary/aromatic N) is 2. The normalized spacial score (nSPS) is 14.7. The van der Waals surface area contributed by atoms with E-state index in [9.17, 15) is 9.59 Å². The Kier molecular flexibility index (Phi) is 7.54. The number of benzene rings is 2. The number of rotatable bonds is 8. The fourth-order valence-corrected chi connectivity index (χ4v) is 4.74. The fraction of sp³-hybridized carbons (Fsp3) is 0.258. The molecular weight excluding hydrogens is 478 g/mol. The van der Waals surface area contributed by atoms with Gasteiger partial charge in [-0.3, -0.25) is 14.6 Å². The predicted molar refractivity (Wildman–Crippen MR) is 143 cm³/mol. The lowest BCUT2D eigenvalue weighted by Gasteiger charge is -2.39. The van der Waals surface area contributed by atoms with Crippen LogP contribution in [0.5, 0.6) is 5.75 Å². The molecule has 1 aliphatic heterocycles. The van der Waals surface area contributed by atoms with Gasteiger partial charge in [0.2, 0.25) is 5.91 Å². The van der Waals surface area contributed by atoms with Gasteiger partial charge < -0.3 is 19.4 Å². The molecule has 0 fully saturated rings. The first-order valence-corrected chi connectivity index (χ1v) is 12.9. The number of ether oxygens (including phenoxy) is 1. The van der Waals surface area contributed by atoms with Crippen molar-refractivity contribution in [2.75, 3.05) is 6.54 Å². The molecule has 2 aromatic carbocycles. The maximum atomic E-state index is 13.1. The molecule has 0 radical (unpaired) electrons. The molecule has 7 nitrogen and oxygen atoms in total. The van der Waals surface area contributed by atoms with Gasteiger partial charge in [0.15, 0.2) is 5.76 Å². The summed E-state index contributed by atoms with van der Waals surface area (Å²) in [6.45, 7) is 5.06. The minimum Gasteiger partial charge on any atom is -0.486 e. The standard InChI is InChI=1S/C31H31N3O4/c1-21(2)31(36)34-17-15-22-11-12-25(18-27(22)29(34)23-8-4-3-5-9-23)37-20-26-13-14-28(38-26)30(35)33-19-24-10-6-7-16-32-24/h3-14,16,18,21,29H,15,17,19-20H2,1-2H3,(H,33,35)/t29-/m1/s1. The number of amides is 2. The van der Waals surface area contributed by atoms with Crippen LogP contribution >= 0.6 is 0 Å². The topological polar surface area (TPSA) is 84.7 Å². The molecule has 0 unspecified atom stereocenters. The fourth-order valence-electron chi connectivity index (χ4n) is 4.74. The van der Waals surface area contributed by atoms with Crippen molar-refractivity contribution in [1.82, 2.24) is 15.2 Å². The van der Waals surface area contributed by atoms with E-state index >= 15 is 0 Å². The molecular formula is C31H31N3O4. The number of furan rings is 1. The predicted octanol–water partition coefficient (Wildman–Crippen LogP) is 5.31. The summed E-state index contributed by atoms with van der Waals surface area (Å²) < 4.78 is 11.8. The van der Waals surface area contributed by atoms with Crippen molar-refractivity contribution in [3.05, 3.63) is 119 Å². The molecule has 1 N–H and O–H groups in total. The number of carbonyl (C=O) groups excluding carboxylic acids is 2. The number of hydrogen-bond acceptors (Lipinski definition) is 5. The minimum atomic E-state index is -0.309. The molecule has 0 aliphatic carbocycles. The van der Waals surface area contributed by atoms with Gasteiger partial charge in [0.25, 0.3) is 5.91 Å². The smallest absolute Gasteiger partial charge is 0.287 e. The van der Waals surface area contributed by atoms with E-state index in [-0.39, 0.29) is 36.1 Å². The van der Waals surface area contributed by atoms with Crippen LogP contribution in [0.25, 0.3) is 0 Å². The Hall–Kier alpha value is -4.39. The van der Waals surface area contributed by atoms with Crippen LogP contribution in [0.15, 0.2) is 89.5 Å². The van der Waals surface area contributed by atoms with Gasteiger partial charge in [-0.05, 0) is 59.5 Å². The van der Waals surface area contributed by atoms with Gasteiger partial charge in [0.05, 0.1) is 18.3 Å². The van der Waals surface area contributed by atoms with Gasteiger partial charge in [0, 0.05) is 18.7 Å². The average Bonchev–Trinajstić information content (AvgIpc) is 3.44. The summed E-state index contributed by atoms with van der Waals surface area (Å²) in [4.78, 5) is 31.8.